The van der Waals surface area contributed by atoms with Crippen molar-refractivity contribution in [1.29, 1.82) is 0 Å². The molecule has 0 saturated heterocycles. The highest BCUT2D eigenvalue weighted by atomic mass is 79.9. The van der Waals surface area contributed by atoms with Crippen LogP contribution in [0.3, 0.4) is 0 Å². The van der Waals surface area contributed by atoms with Gasteiger partial charge in [-0.15, -0.1) is 0 Å². The quantitative estimate of drug-likeness (QED) is 0.785. The Morgan fingerprint density at radius 1 is 0.850 bits per heavy atom. The van der Waals surface area contributed by atoms with Crippen molar-refractivity contribution in [3.8, 4) is 22.8 Å². The van der Waals surface area contributed by atoms with Gasteiger partial charge in [0, 0.05) is 15.6 Å². The minimum atomic E-state index is -0.406. The van der Waals surface area contributed by atoms with Gasteiger partial charge < -0.3 is 0 Å². The summed E-state index contributed by atoms with van der Waals surface area (Å²) in [4.78, 5) is 22.7. The standard InChI is InChI=1S/C15H10BrN3O/c16-12-8-6-11(7-9-12)14-17-13(18-15(20)19-14)10-4-2-1-3-5-10/h1-9H,(H,17,18,19,20). The fourth-order valence-corrected chi connectivity index (χ4v) is 2.11. The first kappa shape index (κ1) is 12.7. The van der Waals surface area contributed by atoms with E-state index in [1.165, 1.54) is 0 Å². The Balaban J connectivity index is 2.12. The maximum atomic E-state index is 11.7. The van der Waals surface area contributed by atoms with Gasteiger partial charge in [-0.1, -0.05) is 58.4 Å². The van der Waals surface area contributed by atoms with Crippen LogP contribution >= 0.6 is 15.9 Å². The predicted molar refractivity (Wildman–Crippen MR) is 81.2 cm³/mol. The van der Waals surface area contributed by atoms with Crippen LogP contribution in [0.2, 0.25) is 0 Å². The van der Waals surface area contributed by atoms with E-state index in [0.29, 0.717) is 11.6 Å². The molecule has 5 heteroatoms. The molecule has 0 amide bonds. The molecule has 0 atom stereocenters. The summed E-state index contributed by atoms with van der Waals surface area (Å²) in [7, 11) is 0. The van der Waals surface area contributed by atoms with Crippen molar-refractivity contribution in [2.24, 2.45) is 0 Å². The van der Waals surface area contributed by atoms with Gasteiger partial charge in [0.2, 0.25) is 0 Å². The molecule has 20 heavy (non-hydrogen) atoms. The van der Waals surface area contributed by atoms with Crippen LogP contribution < -0.4 is 5.69 Å². The number of aromatic nitrogens is 3. The largest absolute Gasteiger partial charge is 0.348 e. The Bertz CT molecular complexity index is 782. The Hall–Kier alpha value is -2.27. The number of hydrogen-bond acceptors (Lipinski definition) is 3. The van der Waals surface area contributed by atoms with Crippen LogP contribution in [0.4, 0.5) is 0 Å². The van der Waals surface area contributed by atoms with E-state index in [-0.39, 0.29) is 0 Å². The van der Waals surface area contributed by atoms with Gasteiger partial charge in [0.1, 0.15) is 5.82 Å². The lowest BCUT2D eigenvalue weighted by Gasteiger charge is -2.04. The molecule has 1 N–H and O–H groups in total. The Labute approximate surface area is 123 Å². The van der Waals surface area contributed by atoms with Crippen LogP contribution in [0, 0.1) is 0 Å². The van der Waals surface area contributed by atoms with Gasteiger partial charge in [0.25, 0.3) is 0 Å². The highest BCUT2D eigenvalue weighted by molar-refractivity contribution is 9.10. The average Bonchev–Trinajstić information content (AvgIpc) is 2.48. The van der Waals surface area contributed by atoms with Crippen LogP contribution in [0.25, 0.3) is 22.8 Å². The molecule has 0 aliphatic rings. The lowest BCUT2D eigenvalue weighted by Crippen LogP contribution is -2.14. The molecular weight excluding hydrogens is 318 g/mol. The van der Waals surface area contributed by atoms with Crippen LogP contribution in [0.5, 0.6) is 0 Å². The number of benzene rings is 2. The van der Waals surface area contributed by atoms with Crippen molar-refractivity contribution < 1.29 is 0 Å². The van der Waals surface area contributed by atoms with E-state index >= 15 is 0 Å². The van der Waals surface area contributed by atoms with Crippen molar-refractivity contribution in [3.63, 3.8) is 0 Å². The zero-order valence-corrected chi connectivity index (χ0v) is 12.0. The van der Waals surface area contributed by atoms with E-state index in [1.807, 2.05) is 54.6 Å². The normalized spacial score (nSPS) is 10.4. The number of H-pyrrole nitrogens is 1. The molecule has 3 aromatic rings. The molecule has 2 aromatic carbocycles. The van der Waals surface area contributed by atoms with Crippen molar-refractivity contribution in [1.82, 2.24) is 15.0 Å². The zero-order valence-electron chi connectivity index (χ0n) is 10.4. The predicted octanol–water partition coefficient (Wildman–Crippen LogP) is 3.26. The van der Waals surface area contributed by atoms with Gasteiger partial charge in [0.05, 0.1) is 0 Å². The van der Waals surface area contributed by atoms with Gasteiger partial charge in [-0.2, -0.15) is 4.98 Å². The molecule has 0 saturated carbocycles. The van der Waals surface area contributed by atoms with Crippen molar-refractivity contribution in [2.45, 2.75) is 0 Å². The summed E-state index contributed by atoms with van der Waals surface area (Å²) in [6.07, 6.45) is 0. The van der Waals surface area contributed by atoms with Crippen LogP contribution in [0.15, 0.2) is 63.9 Å². The van der Waals surface area contributed by atoms with Gasteiger partial charge in [-0.05, 0) is 12.1 Å². The highest BCUT2D eigenvalue weighted by Gasteiger charge is 2.07. The van der Waals surface area contributed by atoms with Crippen LogP contribution in [-0.4, -0.2) is 15.0 Å². The molecule has 0 spiro atoms. The maximum Gasteiger partial charge on any atom is 0.348 e. The molecule has 4 nitrogen and oxygen atoms in total. The lowest BCUT2D eigenvalue weighted by atomic mass is 10.2. The molecule has 0 unspecified atom stereocenters. The summed E-state index contributed by atoms with van der Waals surface area (Å²) in [6.45, 7) is 0. The first-order valence-corrected chi connectivity index (χ1v) is 6.81. The third-order valence-electron chi connectivity index (χ3n) is 2.80. The molecule has 98 valence electrons. The molecule has 3 rings (SSSR count). The summed E-state index contributed by atoms with van der Waals surface area (Å²) in [5, 5.41) is 0. The summed E-state index contributed by atoms with van der Waals surface area (Å²) in [6, 6.07) is 17.0. The topological polar surface area (TPSA) is 58.6 Å². The molecule has 1 aromatic heterocycles. The number of nitrogens with zero attached hydrogens (tertiary/aromatic N) is 2. The summed E-state index contributed by atoms with van der Waals surface area (Å²) >= 11 is 3.38. The molecule has 0 radical (unpaired) electrons. The van der Waals surface area contributed by atoms with Gasteiger partial charge in [-0.25, -0.2) is 9.78 Å². The fraction of sp³-hybridized carbons (Fsp3) is 0. The highest BCUT2D eigenvalue weighted by Crippen LogP contribution is 2.19. The van der Waals surface area contributed by atoms with Crippen molar-refractivity contribution in [3.05, 3.63) is 69.6 Å². The van der Waals surface area contributed by atoms with Crippen LogP contribution in [-0.2, 0) is 0 Å². The lowest BCUT2D eigenvalue weighted by molar-refractivity contribution is 1.00. The molecule has 0 aliphatic heterocycles. The van der Waals surface area contributed by atoms with E-state index in [4.69, 9.17) is 0 Å². The number of hydrogen-bond donors (Lipinski definition) is 1. The van der Waals surface area contributed by atoms with E-state index in [9.17, 15) is 4.79 Å². The summed E-state index contributed by atoms with van der Waals surface area (Å²) < 4.78 is 0.973. The molecule has 0 fully saturated rings. The van der Waals surface area contributed by atoms with Crippen molar-refractivity contribution in [2.75, 3.05) is 0 Å². The van der Waals surface area contributed by atoms with E-state index < -0.39 is 5.69 Å². The summed E-state index contributed by atoms with van der Waals surface area (Å²) in [5.74, 6) is 0.934. The minimum Gasteiger partial charge on any atom is -0.290 e. The average molecular weight is 328 g/mol. The first-order chi connectivity index (χ1) is 9.72. The second-order valence-electron chi connectivity index (χ2n) is 4.20. The third kappa shape index (κ3) is 2.67. The second-order valence-corrected chi connectivity index (χ2v) is 5.11. The fourth-order valence-electron chi connectivity index (χ4n) is 1.85. The Morgan fingerprint density at radius 2 is 1.55 bits per heavy atom. The number of nitrogens with one attached hydrogen (secondary N) is 1. The van der Waals surface area contributed by atoms with E-state index in [1.54, 1.807) is 0 Å². The smallest absolute Gasteiger partial charge is 0.290 e. The Kier molecular flexibility index (Phi) is 3.43. The number of halogens is 1. The van der Waals surface area contributed by atoms with Crippen molar-refractivity contribution >= 4 is 15.9 Å². The molecule has 1 heterocycles. The second kappa shape index (κ2) is 5.38. The third-order valence-corrected chi connectivity index (χ3v) is 3.33. The molecular formula is C15H10BrN3O. The summed E-state index contributed by atoms with van der Waals surface area (Å²) in [5.41, 5.74) is 1.25. The monoisotopic (exact) mass is 327 g/mol. The Morgan fingerprint density at radius 3 is 2.25 bits per heavy atom. The minimum absolute atomic E-state index is 0.406. The van der Waals surface area contributed by atoms with Gasteiger partial charge >= 0.3 is 5.69 Å². The first-order valence-electron chi connectivity index (χ1n) is 6.02. The zero-order chi connectivity index (χ0) is 13.9. The van der Waals surface area contributed by atoms with Gasteiger partial charge in [0.15, 0.2) is 5.82 Å². The van der Waals surface area contributed by atoms with Gasteiger partial charge in [-0.3, -0.25) is 4.98 Å². The molecule has 0 bridgehead atoms. The number of rotatable bonds is 2. The molecule has 0 aliphatic carbocycles. The SMILES string of the molecule is O=c1nc(-c2ccccc2)nc(-c2ccc(Br)cc2)[nH]1. The van der Waals surface area contributed by atoms with E-state index in [0.717, 1.165) is 15.6 Å². The van der Waals surface area contributed by atoms with Crippen LogP contribution in [0.1, 0.15) is 0 Å². The maximum absolute atomic E-state index is 11.7. The van der Waals surface area contributed by atoms with E-state index in [2.05, 4.69) is 30.9 Å². The number of aromatic amines is 1.